The van der Waals surface area contributed by atoms with Crippen LogP contribution in [0.25, 0.3) is 0 Å². The Bertz CT molecular complexity index is 659. The first-order valence-electron chi connectivity index (χ1n) is 7.47. The number of carbonyl (C=O) groups excluding carboxylic acids is 2. The van der Waals surface area contributed by atoms with Crippen LogP contribution in [0.15, 0.2) is 48.8 Å². The maximum absolute atomic E-state index is 11.9. The Labute approximate surface area is 135 Å². The van der Waals surface area contributed by atoms with Crippen molar-refractivity contribution in [3.8, 4) is 0 Å². The van der Waals surface area contributed by atoms with Crippen molar-refractivity contribution in [1.29, 1.82) is 0 Å². The minimum absolute atomic E-state index is 0.0864. The van der Waals surface area contributed by atoms with Crippen LogP contribution in [0.3, 0.4) is 0 Å². The largest absolute Gasteiger partial charge is 0.334 e. The van der Waals surface area contributed by atoms with Crippen LogP contribution in [-0.4, -0.2) is 23.5 Å². The second-order valence-electron chi connectivity index (χ2n) is 4.96. The Balaban J connectivity index is 1.74. The number of para-hydroxylation sites is 1. The molecule has 1 heterocycles. The Morgan fingerprint density at radius 3 is 2.65 bits per heavy atom. The SMILES string of the molecule is CCc1ccccc1NC(=O)CNC(=O)NCc1cccnc1. The van der Waals surface area contributed by atoms with E-state index in [4.69, 9.17) is 0 Å². The van der Waals surface area contributed by atoms with E-state index in [9.17, 15) is 9.59 Å². The molecule has 0 aliphatic heterocycles. The molecule has 2 rings (SSSR count). The quantitative estimate of drug-likeness (QED) is 0.763. The van der Waals surface area contributed by atoms with Crippen LogP contribution in [0.1, 0.15) is 18.1 Å². The molecule has 0 saturated heterocycles. The lowest BCUT2D eigenvalue weighted by atomic mass is 10.1. The van der Waals surface area contributed by atoms with Gasteiger partial charge in [0, 0.05) is 24.6 Å². The fraction of sp³-hybridized carbons (Fsp3) is 0.235. The van der Waals surface area contributed by atoms with Crippen molar-refractivity contribution in [3.05, 3.63) is 59.9 Å². The molecular formula is C17H20N4O2. The molecule has 6 nitrogen and oxygen atoms in total. The van der Waals surface area contributed by atoms with Crippen LogP contribution >= 0.6 is 0 Å². The van der Waals surface area contributed by atoms with Crippen molar-refractivity contribution in [3.63, 3.8) is 0 Å². The molecule has 23 heavy (non-hydrogen) atoms. The molecule has 0 bridgehead atoms. The number of anilines is 1. The summed E-state index contributed by atoms with van der Waals surface area (Å²) >= 11 is 0. The van der Waals surface area contributed by atoms with Crippen LogP contribution in [0.5, 0.6) is 0 Å². The van der Waals surface area contributed by atoms with Gasteiger partial charge in [-0.2, -0.15) is 0 Å². The van der Waals surface area contributed by atoms with Gasteiger partial charge in [0.25, 0.3) is 0 Å². The predicted octanol–water partition coefficient (Wildman–Crippen LogP) is 2.08. The lowest BCUT2D eigenvalue weighted by molar-refractivity contribution is -0.115. The molecule has 120 valence electrons. The number of aromatic nitrogens is 1. The molecule has 6 heteroatoms. The van der Waals surface area contributed by atoms with Crippen molar-refractivity contribution >= 4 is 17.6 Å². The molecule has 2 aromatic rings. The molecule has 1 aromatic carbocycles. The van der Waals surface area contributed by atoms with E-state index in [1.54, 1.807) is 18.5 Å². The Morgan fingerprint density at radius 1 is 1.09 bits per heavy atom. The zero-order valence-electron chi connectivity index (χ0n) is 13.0. The van der Waals surface area contributed by atoms with Gasteiger partial charge in [0.1, 0.15) is 0 Å². The zero-order valence-corrected chi connectivity index (χ0v) is 13.0. The Kier molecular flexibility index (Phi) is 6.11. The standard InChI is InChI=1S/C17H20N4O2/c1-2-14-7-3-4-8-15(14)21-16(22)12-20-17(23)19-11-13-6-5-9-18-10-13/h3-10H,2,11-12H2,1H3,(H,21,22)(H2,19,20,23). The van der Waals surface area contributed by atoms with Crippen LogP contribution in [0.2, 0.25) is 0 Å². The van der Waals surface area contributed by atoms with E-state index in [0.29, 0.717) is 6.54 Å². The first-order valence-corrected chi connectivity index (χ1v) is 7.47. The topological polar surface area (TPSA) is 83.1 Å². The molecule has 0 unspecified atom stereocenters. The van der Waals surface area contributed by atoms with E-state index in [1.165, 1.54) is 0 Å². The molecule has 0 fully saturated rings. The molecule has 0 atom stereocenters. The van der Waals surface area contributed by atoms with Crippen LogP contribution in [0, 0.1) is 0 Å². The van der Waals surface area contributed by atoms with Crippen LogP contribution < -0.4 is 16.0 Å². The first kappa shape index (κ1) is 16.5. The van der Waals surface area contributed by atoms with Gasteiger partial charge >= 0.3 is 6.03 Å². The second-order valence-corrected chi connectivity index (χ2v) is 4.96. The highest BCUT2D eigenvalue weighted by atomic mass is 16.2. The average molecular weight is 312 g/mol. The summed E-state index contributed by atoms with van der Waals surface area (Å²) in [6.07, 6.45) is 4.17. The highest BCUT2D eigenvalue weighted by molar-refractivity contribution is 5.94. The van der Waals surface area contributed by atoms with Crippen molar-refractivity contribution in [2.75, 3.05) is 11.9 Å². The maximum Gasteiger partial charge on any atom is 0.315 e. The third-order valence-electron chi connectivity index (χ3n) is 3.26. The van der Waals surface area contributed by atoms with Gasteiger partial charge in [-0.25, -0.2) is 4.79 Å². The number of pyridine rings is 1. The molecule has 0 saturated carbocycles. The third-order valence-corrected chi connectivity index (χ3v) is 3.26. The summed E-state index contributed by atoms with van der Waals surface area (Å²) in [7, 11) is 0. The average Bonchev–Trinajstić information content (AvgIpc) is 2.59. The number of rotatable bonds is 6. The number of carbonyl (C=O) groups is 2. The van der Waals surface area contributed by atoms with Crippen LogP contribution in [0.4, 0.5) is 10.5 Å². The van der Waals surface area contributed by atoms with Gasteiger partial charge in [-0.1, -0.05) is 31.2 Å². The Hall–Kier alpha value is -2.89. The van der Waals surface area contributed by atoms with Crippen molar-refractivity contribution < 1.29 is 9.59 Å². The lowest BCUT2D eigenvalue weighted by Crippen LogP contribution is -2.39. The number of hydrogen-bond donors (Lipinski definition) is 3. The predicted molar refractivity (Wildman–Crippen MR) is 88.9 cm³/mol. The summed E-state index contributed by atoms with van der Waals surface area (Å²) in [6, 6.07) is 10.9. The maximum atomic E-state index is 11.9. The molecule has 3 N–H and O–H groups in total. The van der Waals surface area contributed by atoms with E-state index >= 15 is 0 Å². The normalized spacial score (nSPS) is 9.96. The summed E-state index contributed by atoms with van der Waals surface area (Å²) in [5.41, 5.74) is 2.73. The summed E-state index contributed by atoms with van der Waals surface area (Å²) in [5, 5.41) is 8.00. The Morgan fingerprint density at radius 2 is 1.91 bits per heavy atom. The summed E-state index contributed by atoms with van der Waals surface area (Å²) in [6.45, 7) is 2.30. The third kappa shape index (κ3) is 5.43. The molecule has 1 aromatic heterocycles. The smallest absolute Gasteiger partial charge is 0.315 e. The van der Waals surface area contributed by atoms with E-state index in [0.717, 1.165) is 23.2 Å². The van der Waals surface area contributed by atoms with Crippen LogP contribution in [-0.2, 0) is 17.8 Å². The number of nitrogens with one attached hydrogen (secondary N) is 3. The number of amides is 3. The van der Waals surface area contributed by atoms with Crippen molar-refractivity contribution in [2.24, 2.45) is 0 Å². The van der Waals surface area contributed by atoms with Crippen molar-refractivity contribution in [2.45, 2.75) is 19.9 Å². The number of benzene rings is 1. The van der Waals surface area contributed by atoms with E-state index in [-0.39, 0.29) is 12.5 Å². The fourth-order valence-corrected chi connectivity index (χ4v) is 2.05. The highest BCUT2D eigenvalue weighted by Gasteiger charge is 2.07. The molecule has 0 aliphatic carbocycles. The zero-order chi connectivity index (χ0) is 16.5. The number of aryl methyl sites for hydroxylation is 1. The summed E-state index contributed by atoms with van der Waals surface area (Å²) < 4.78 is 0. The molecular weight excluding hydrogens is 292 g/mol. The second kappa shape index (κ2) is 8.53. The van der Waals surface area contributed by atoms with Gasteiger partial charge in [-0.3, -0.25) is 9.78 Å². The molecule has 3 amide bonds. The number of urea groups is 1. The lowest BCUT2D eigenvalue weighted by Gasteiger charge is -2.11. The first-order chi connectivity index (χ1) is 11.2. The van der Waals surface area contributed by atoms with Gasteiger partial charge in [-0.05, 0) is 29.7 Å². The fourth-order valence-electron chi connectivity index (χ4n) is 2.05. The van der Waals surface area contributed by atoms with Crippen molar-refractivity contribution in [1.82, 2.24) is 15.6 Å². The summed E-state index contributed by atoms with van der Waals surface area (Å²) in [5.74, 6) is -0.262. The minimum atomic E-state index is -0.396. The van der Waals surface area contributed by atoms with Gasteiger partial charge < -0.3 is 16.0 Å². The van der Waals surface area contributed by atoms with E-state index < -0.39 is 6.03 Å². The molecule has 0 spiro atoms. The molecule has 0 aliphatic rings. The summed E-state index contributed by atoms with van der Waals surface area (Å²) in [4.78, 5) is 27.5. The molecule has 0 radical (unpaired) electrons. The monoisotopic (exact) mass is 312 g/mol. The van der Waals surface area contributed by atoms with E-state index in [2.05, 4.69) is 20.9 Å². The van der Waals surface area contributed by atoms with Gasteiger partial charge in [0.15, 0.2) is 0 Å². The van der Waals surface area contributed by atoms with E-state index in [1.807, 2.05) is 37.3 Å². The van der Waals surface area contributed by atoms with Gasteiger partial charge in [-0.15, -0.1) is 0 Å². The number of nitrogens with zero attached hydrogens (tertiary/aromatic N) is 1. The van der Waals surface area contributed by atoms with Gasteiger partial charge in [0.2, 0.25) is 5.91 Å². The minimum Gasteiger partial charge on any atom is -0.334 e. The van der Waals surface area contributed by atoms with Gasteiger partial charge in [0.05, 0.1) is 6.54 Å². The number of hydrogen-bond acceptors (Lipinski definition) is 3. The highest BCUT2D eigenvalue weighted by Crippen LogP contribution is 2.14.